The first-order chi connectivity index (χ1) is 17.7. The molecule has 7 nitrogen and oxygen atoms in total. The van der Waals surface area contributed by atoms with Gasteiger partial charge in [0.15, 0.2) is 11.6 Å². The minimum absolute atomic E-state index is 0. The second kappa shape index (κ2) is 14.8. The molecule has 0 amide bonds. The van der Waals surface area contributed by atoms with Gasteiger partial charge >= 0.3 is 18.6 Å². The number of pyridine rings is 1. The number of aromatic nitrogens is 5. The summed E-state index contributed by atoms with van der Waals surface area (Å²) in [4.78, 5) is 20.0. The monoisotopic (exact) mass is 602 g/mol. The van der Waals surface area contributed by atoms with E-state index in [1.165, 1.54) is 0 Å². The van der Waals surface area contributed by atoms with E-state index in [0.717, 1.165) is 84.6 Å². The predicted octanol–water partition coefficient (Wildman–Crippen LogP) is -0.281. The molecular formula is C29H35Cl2N7V. The van der Waals surface area contributed by atoms with Crippen molar-refractivity contribution in [1.82, 2.24) is 33.9 Å². The molecule has 5 rings (SSSR count). The fourth-order valence-corrected chi connectivity index (χ4v) is 4.76. The maximum absolute atomic E-state index is 5.14. The summed E-state index contributed by atoms with van der Waals surface area (Å²) in [6, 6.07) is 22.8. The third kappa shape index (κ3) is 6.68. The first kappa shape index (κ1) is 32.8. The molecule has 0 saturated carbocycles. The molecule has 39 heavy (non-hydrogen) atoms. The summed E-state index contributed by atoms with van der Waals surface area (Å²) < 4.78 is 4.57. The molecule has 0 aliphatic carbocycles. The van der Waals surface area contributed by atoms with E-state index in [0.29, 0.717) is 0 Å². The van der Waals surface area contributed by atoms with Gasteiger partial charge in [-0.1, -0.05) is 58.0 Å². The van der Waals surface area contributed by atoms with Crippen molar-refractivity contribution < 1.29 is 43.4 Å². The van der Waals surface area contributed by atoms with Crippen molar-refractivity contribution in [3.8, 4) is 23.0 Å². The van der Waals surface area contributed by atoms with E-state index in [9.17, 15) is 0 Å². The van der Waals surface area contributed by atoms with Crippen LogP contribution < -0.4 is 24.8 Å². The molecule has 0 bridgehead atoms. The summed E-state index contributed by atoms with van der Waals surface area (Å²) in [5.74, 6) is 1.77. The Labute approximate surface area is 255 Å². The van der Waals surface area contributed by atoms with Gasteiger partial charge in [0, 0.05) is 0 Å². The molecule has 0 aliphatic rings. The topological polar surface area (TPSA) is 55.0 Å². The Bertz CT molecular complexity index is 1370. The van der Waals surface area contributed by atoms with Gasteiger partial charge in [0.1, 0.15) is 11.4 Å². The van der Waals surface area contributed by atoms with E-state index in [1.807, 2.05) is 12.1 Å². The van der Waals surface area contributed by atoms with Crippen molar-refractivity contribution >= 4 is 22.1 Å². The molecule has 2 aromatic carbocycles. The summed E-state index contributed by atoms with van der Waals surface area (Å²) >= 11 is 0. The second-order valence-corrected chi connectivity index (χ2v) is 9.00. The van der Waals surface area contributed by atoms with E-state index < -0.39 is 0 Å². The van der Waals surface area contributed by atoms with Crippen molar-refractivity contribution in [1.29, 1.82) is 0 Å². The third-order valence-corrected chi connectivity index (χ3v) is 6.99. The number of hydrogen-bond donors (Lipinski definition) is 0. The first-order valence-electron chi connectivity index (χ1n) is 13.0. The molecule has 0 N–H and O–H groups in total. The Morgan fingerprint density at radius 2 is 0.923 bits per heavy atom. The van der Waals surface area contributed by atoms with Crippen molar-refractivity contribution in [3.05, 3.63) is 66.7 Å². The number of fused-ring (bicyclic) bond motifs is 2. The SMILES string of the molecule is CCN(CC)Cn1c(-c2cccc(-c3nc4ccccc4n3CN(CC)CC)n2)nc2ccccc21.[Cl-].[Cl-].[V+2]. The predicted molar refractivity (Wildman–Crippen MR) is 148 cm³/mol. The minimum atomic E-state index is 0. The second-order valence-electron chi connectivity index (χ2n) is 9.00. The zero-order valence-electron chi connectivity index (χ0n) is 22.9. The van der Waals surface area contributed by atoms with Gasteiger partial charge in [0.2, 0.25) is 0 Å². The number of nitrogens with zero attached hydrogens (tertiary/aromatic N) is 7. The molecule has 3 aromatic heterocycles. The number of benzene rings is 2. The van der Waals surface area contributed by atoms with Crippen molar-refractivity contribution in [2.24, 2.45) is 0 Å². The molecule has 0 atom stereocenters. The van der Waals surface area contributed by atoms with Crippen LogP contribution in [0.15, 0.2) is 66.7 Å². The van der Waals surface area contributed by atoms with Gasteiger partial charge < -0.3 is 33.9 Å². The molecule has 10 heteroatoms. The van der Waals surface area contributed by atoms with Crippen LogP contribution in [0.25, 0.3) is 45.1 Å². The van der Waals surface area contributed by atoms with Crippen LogP contribution in [-0.4, -0.2) is 60.1 Å². The fourth-order valence-electron chi connectivity index (χ4n) is 4.76. The maximum atomic E-state index is 5.14. The average Bonchev–Trinajstić information content (AvgIpc) is 3.48. The molecule has 205 valence electrons. The van der Waals surface area contributed by atoms with Gasteiger partial charge in [-0.15, -0.1) is 0 Å². The number of rotatable bonds is 10. The molecule has 3 heterocycles. The van der Waals surface area contributed by atoms with Gasteiger partial charge in [-0.25, -0.2) is 15.0 Å². The smallest absolute Gasteiger partial charge is 1.00 e. The van der Waals surface area contributed by atoms with Crippen LogP contribution in [-0.2, 0) is 31.9 Å². The summed E-state index contributed by atoms with van der Waals surface area (Å²) in [5, 5.41) is 0. The number of halogens is 2. The summed E-state index contributed by atoms with van der Waals surface area (Å²) in [7, 11) is 0. The van der Waals surface area contributed by atoms with Crippen molar-refractivity contribution in [2.45, 2.75) is 41.0 Å². The normalized spacial score (nSPS) is 11.0. The van der Waals surface area contributed by atoms with E-state index >= 15 is 0 Å². The molecule has 5 aromatic rings. The maximum Gasteiger partial charge on any atom is 2.00 e. The number of para-hydroxylation sites is 4. The molecule has 1 radical (unpaired) electrons. The Balaban J connectivity index is 0.00000178. The minimum Gasteiger partial charge on any atom is -1.00 e. The first-order valence-corrected chi connectivity index (χ1v) is 13.0. The fraction of sp³-hybridized carbons (Fsp3) is 0.345. The van der Waals surface area contributed by atoms with Gasteiger partial charge in [0.05, 0.1) is 35.4 Å². The zero-order valence-corrected chi connectivity index (χ0v) is 25.8. The van der Waals surface area contributed by atoms with Crippen LogP contribution in [0.3, 0.4) is 0 Å². The van der Waals surface area contributed by atoms with Crippen LogP contribution in [0.1, 0.15) is 27.7 Å². The van der Waals surface area contributed by atoms with Gasteiger partial charge in [-0.3, -0.25) is 9.80 Å². The molecule has 0 fully saturated rings. The molecule has 0 aliphatic heterocycles. The standard InChI is InChI=1S/C29H35N7.2ClH.V/c1-5-33(6-2)20-35-26-18-11-9-14-22(26)31-28(35)24-16-13-17-25(30-24)29-32-23-15-10-12-19-27(23)36(29)21-34(7-3)8-4;;;/h9-19H,5-8,20-21H2,1-4H3;2*1H;/q;;;+2/p-2. The molecule has 0 spiro atoms. The third-order valence-electron chi connectivity index (χ3n) is 6.99. The van der Waals surface area contributed by atoms with E-state index in [-0.39, 0.29) is 43.4 Å². The Morgan fingerprint density at radius 1 is 0.538 bits per heavy atom. The molecule has 0 saturated heterocycles. The Kier molecular flexibility index (Phi) is 12.5. The van der Waals surface area contributed by atoms with Gasteiger partial charge in [0.25, 0.3) is 0 Å². The van der Waals surface area contributed by atoms with E-state index in [4.69, 9.17) is 15.0 Å². The van der Waals surface area contributed by atoms with Crippen LogP contribution in [0.5, 0.6) is 0 Å². The van der Waals surface area contributed by atoms with Gasteiger partial charge in [-0.2, -0.15) is 0 Å². The van der Waals surface area contributed by atoms with Crippen LogP contribution in [0.2, 0.25) is 0 Å². The van der Waals surface area contributed by atoms with Crippen LogP contribution in [0.4, 0.5) is 0 Å². The summed E-state index contributed by atoms with van der Waals surface area (Å²) in [6.07, 6.45) is 0. The quantitative estimate of drug-likeness (QED) is 0.220. The molecular weight excluding hydrogens is 568 g/mol. The number of imidazole rings is 2. The van der Waals surface area contributed by atoms with E-state index in [1.54, 1.807) is 0 Å². The zero-order chi connectivity index (χ0) is 25.1. The van der Waals surface area contributed by atoms with Crippen molar-refractivity contribution in [3.63, 3.8) is 0 Å². The summed E-state index contributed by atoms with van der Waals surface area (Å²) in [6.45, 7) is 14.2. The van der Waals surface area contributed by atoms with Gasteiger partial charge in [-0.05, 0) is 62.6 Å². The van der Waals surface area contributed by atoms with Crippen LogP contribution >= 0.6 is 0 Å². The van der Waals surface area contributed by atoms with E-state index in [2.05, 4.69) is 101 Å². The van der Waals surface area contributed by atoms with Crippen LogP contribution in [0, 0.1) is 0 Å². The summed E-state index contributed by atoms with van der Waals surface area (Å²) in [5.41, 5.74) is 5.94. The number of hydrogen-bond acceptors (Lipinski definition) is 5. The largest absolute Gasteiger partial charge is 2.00 e. The Hall–Kier alpha value is -2.39. The molecule has 0 unspecified atom stereocenters. The average molecular weight is 603 g/mol. The van der Waals surface area contributed by atoms with Crippen molar-refractivity contribution in [2.75, 3.05) is 26.2 Å². The Morgan fingerprint density at radius 3 is 1.31 bits per heavy atom.